The highest BCUT2D eigenvalue weighted by atomic mass is 32.1. The fourth-order valence-corrected chi connectivity index (χ4v) is 4.97. The summed E-state index contributed by atoms with van der Waals surface area (Å²) in [5.41, 5.74) is 7.54. The number of nitrogens with two attached hydrogens (primary N) is 1. The second-order valence-corrected chi connectivity index (χ2v) is 9.12. The number of nitrogens with zero attached hydrogens (tertiary/aromatic N) is 2. The van der Waals surface area contributed by atoms with Crippen LogP contribution in [0, 0.1) is 0 Å². The third-order valence-electron chi connectivity index (χ3n) is 4.78. The maximum Gasteiger partial charge on any atom is 0.271 e. The molecular formula is C21H23N5O2S2. The lowest BCUT2D eigenvalue weighted by atomic mass is 10.2. The molecule has 0 spiro atoms. The Hall–Kier alpha value is -2.78. The number of amides is 2. The van der Waals surface area contributed by atoms with E-state index >= 15 is 0 Å². The first-order valence-electron chi connectivity index (χ1n) is 9.95. The predicted octanol–water partition coefficient (Wildman–Crippen LogP) is 4.27. The zero-order chi connectivity index (χ0) is 20.9. The van der Waals surface area contributed by atoms with Crippen LogP contribution in [-0.4, -0.2) is 28.3 Å². The van der Waals surface area contributed by atoms with Crippen molar-refractivity contribution in [2.75, 3.05) is 17.6 Å². The number of carbonyl (C=O) groups is 2. The zero-order valence-corrected chi connectivity index (χ0v) is 18.0. The Morgan fingerprint density at radius 2 is 2.00 bits per heavy atom. The van der Waals surface area contributed by atoms with E-state index in [0.717, 1.165) is 27.7 Å². The van der Waals surface area contributed by atoms with Crippen LogP contribution >= 0.6 is 22.7 Å². The highest BCUT2D eigenvalue weighted by molar-refractivity contribution is 7.20. The Bertz CT molecular complexity index is 1030. The van der Waals surface area contributed by atoms with Crippen LogP contribution in [0.2, 0.25) is 0 Å². The van der Waals surface area contributed by atoms with Gasteiger partial charge in [0.2, 0.25) is 5.91 Å². The van der Waals surface area contributed by atoms with Crippen molar-refractivity contribution in [2.45, 2.75) is 38.0 Å². The number of benzene rings is 1. The molecule has 30 heavy (non-hydrogen) atoms. The minimum absolute atomic E-state index is 0.0807. The fourth-order valence-electron chi connectivity index (χ4n) is 3.06. The van der Waals surface area contributed by atoms with E-state index in [0.29, 0.717) is 48.8 Å². The lowest BCUT2D eigenvalue weighted by Gasteiger charge is -2.08. The summed E-state index contributed by atoms with van der Waals surface area (Å²) in [6.45, 7) is 0.508. The molecule has 1 saturated carbocycles. The van der Waals surface area contributed by atoms with Gasteiger partial charge in [-0.15, -0.1) is 22.7 Å². The average molecular weight is 442 g/mol. The molecule has 1 aliphatic rings. The molecule has 0 saturated heterocycles. The molecule has 0 unspecified atom stereocenters. The van der Waals surface area contributed by atoms with Gasteiger partial charge in [0.15, 0.2) is 10.0 Å². The molecule has 2 aromatic heterocycles. The molecular weight excluding hydrogens is 418 g/mol. The van der Waals surface area contributed by atoms with E-state index in [4.69, 9.17) is 5.73 Å². The van der Waals surface area contributed by atoms with Crippen LogP contribution in [-0.2, 0) is 4.79 Å². The Kier molecular flexibility index (Phi) is 6.39. The second-order valence-electron chi connectivity index (χ2n) is 7.19. The first kappa shape index (κ1) is 20.5. The van der Waals surface area contributed by atoms with Gasteiger partial charge < -0.3 is 16.4 Å². The topological polar surface area (TPSA) is 110 Å². The zero-order valence-electron chi connectivity index (χ0n) is 16.4. The molecule has 1 fully saturated rings. The SMILES string of the molecule is Nc1ccccc1NC(=O)CCCCNC(=O)c1nc(-c2nccs2)sc1C1CC1. The van der Waals surface area contributed by atoms with Gasteiger partial charge in [-0.3, -0.25) is 9.59 Å². The van der Waals surface area contributed by atoms with Crippen LogP contribution in [0.3, 0.4) is 0 Å². The van der Waals surface area contributed by atoms with Gasteiger partial charge in [-0.25, -0.2) is 9.97 Å². The number of nitrogen functional groups attached to an aromatic ring is 1. The molecule has 0 bridgehead atoms. The maximum absolute atomic E-state index is 12.7. The lowest BCUT2D eigenvalue weighted by Crippen LogP contribution is -2.26. The van der Waals surface area contributed by atoms with E-state index in [1.54, 1.807) is 29.7 Å². The molecule has 1 aliphatic carbocycles. The number of para-hydroxylation sites is 2. The number of aromatic nitrogens is 2. The summed E-state index contributed by atoms with van der Waals surface area (Å²) in [6, 6.07) is 7.18. The van der Waals surface area contributed by atoms with Gasteiger partial charge in [0.05, 0.1) is 11.4 Å². The van der Waals surface area contributed by atoms with Crippen LogP contribution in [0.4, 0.5) is 11.4 Å². The van der Waals surface area contributed by atoms with E-state index < -0.39 is 0 Å². The summed E-state index contributed by atoms with van der Waals surface area (Å²) >= 11 is 3.11. The van der Waals surface area contributed by atoms with Crippen molar-refractivity contribution in [3.63, 3.8) is 0 Å². The molecule has 7 nitrogen and oxygen atoms in total. The van der Waals surface area contributed by atoms with E-state index in [-0.39, 0.29) is 11.8 Å². The molecule has 0 atom stereocenters. The number of thiazole rings is 2. The first-order valence-corrected chi connectivity index (χ1v) is 11.6. The van der Waals surface area contributed by atoms with Gasteiger partial charge in [-0.2, -0.15) is 0 Å². The fraction of sp³-hybridized carbons (Fsp3) is 0.333. The first-order chi connectivity index (χ1) is 14.6. The van der Waals surface area contributed by atoms with Gasteiger partial charge >= 0.3 is 0 Å². The molecule has 1 aromatic carbocycles. The van der Waals surface area contributed by atoms with Crippen LogP contribution < -0.4 is 16.4 Å². The maximum atomic E-state index is 12.7. The molecule has 4 rings (SSSR count). The number of nitrogens with one attached hydrogen (secondary N) is 2. The normalized spacial score (nSPS) is 13.2. The van der Waals surface area contributed by atoms with Gasteiger partial charge in [0, 0.05) is 29.4 Å². The summed E-state index contributed by atoms with van der Waals surface area (Å²) in [7, 11) is 0. The van der Waals surface area contributed by atoms with Gasteiger partial charge in [-0.05, 0) is 43.7 Å². The van der Waals surface area contributed by atoms with Crippen molar-refractivity contribution < 1.29 is 9.59 Å². The molecule has 156 valence electrons. The molecule has 2 heterocycles. The summed E-state index contributed by atoms with van der Waals surface area (Å²) in [5.74, 6) is 0.228. The Balaban J connectivity index is 1.24. The number of hydrogen-bond donors (Lipinski definition) is 3. The monoisotopic (exact) mass is 441 g/mol. The van der Waals surface area contributed by atoms with Crippen molar-refractivity contribution in [2.24, 2.45) is 0 Å². The van der Waals surface area contributed by atoms with E-state index in [9.17, 15) is 9.59 Å². The van der Waals surface area contributed by atoms with Gasteiger partial charge in [-0.1, -0.05) is 12.1 Å². The predicted molar refractivity (Wildman–Crippen MR) is 121 cm³/mol. The summed E-state index contributed by atoms with van der Waals surface area (Å²) in [6.07, 6.45) is 5.74. The lowest BCUT2D eigenvalue weighted by molar-refractivity contribution is -0.116. The molecule has 3 aromatic rings. The molecule has 2 amide bonds. The van der Waals surface area contributed by atoms with Crippen molar-refractivity contribution in [1.29, 1.82) is 0 Å². The minimum atomic E-state index is -0.141. The third-order valence-corrected chi connectivity index (χ3v) is 6.92. The number of hydrogen-bond acceptors (Lipinski definition) is 7. The Labute approximate surface area is 182 Å². The number of unbranched alkanes of at least 4 members (excludes halogenated alkanes) is 1. The van der Waals surface area contributed by atoms with E-state index in [1.807, 2.05) is 17.5 Å². The Morgan fingerprint density at radius 1 is 1.17 bits per heavy atom. The summed E-state index contributed by atoms with van der Waals surface area (Å²) in [5, 5.41) is 9.34. The highest BCUT2D eigenvalue weighted by Crippen LogP contribution is 2.46. The van der Waals surface area contributed by atoms with Crippen molar-refractivity contribution in [3.8, 4) is 10.0 Å². The molecule has 0 radical (unpaired) electrons. The average Bonchev–Trinajstić information content (AvgIpc) is 3.25. The van der Waals surface area contributed by atoms with Crippen LogP contribution in [0.1, 0.15) is 53.4 Å². The molecule has 4 N–H and O–H groups in total. The van der Waals surface area contributed by atoms with Crippen LogP contribution in [0.25, 0.3) is 10.0 Å². The van der Waals surface area contributed by atoms with E-state index in [2.05, 4.69) is 20.6 Å². The second kappa shape index (κ2) is 9.36. The number of anilines is 2. The Morgan fingerprint density at radius 3 is 2.73 bits per heavy atom. The van der Waals surface area contributed by atoms with Crippen LogP contribution in [0.5, 0.6) is 0 Å². The van der Waals surface area contributed by atoms with Gasteiger partial charge in [0.1, 0.15) is 5.69 Å². The standard InChI is InChI=1S/C21H23N5O2S2/c22-14-5-1-2-6-15(14)25-16(27)7-3-4-10-23-19(28)17-18(13-8-9-13)30-21(26-17)20-24-11-12-29-20/h1-2,5-6,11-13H,3-4,7-10,22H2,(H,23,28)(H,25,27). The van der Waals surface area contributed by atoms with Crippen molar-refractivity contribution >= 4 is 45.9 Å². The molecule has 0 aliphatic heterocycles. The number of carbonyl (C=O) groups excluding carboxylic acids is 2. The van der Waals surface area contributed by atoms with Crippen molar-refractivity contribution in [1.82, 2.24) is 15.3 Å². The highest BCUT2D eigenvalue weighted by Gasteiger charge is 2.32. The minimum Gasteiger partial charge on any atom is -0.397 e. The van der Waals surface area contributed by atoms with E-state index in [1.165, 1.54) is 11.3 Å². The smallest absolute Gasteiger partial charge is 0.271 e. The number of rotatable bonds is 9. The third kappa shape index (κ3) is 5.03. The summed E-state index contributed by atoms with van der Waals surface area (Å²) < 4.78 is 0. The molecule has 9 heteroatoms. The van der Waals surface area contributed by atoms with Crippen molar-refractivity contribution in [3.05, 3.63) is 46.4 Å². The quantitative estimate of drug-likeness (QED) is 0.339. The van der Waals surface area contributed by atoms with Gasteiger partial charge in [0.25, 0.3) is 5.91 Å². The van der Waals surface area contributed by atoms with Crippen LogP contribution in [0.15, 0.2) is 35.8 Å². The largest absolute Gasteiger partial charge is 0.397 e. The summed E-state index contributed by atoms with van der Waals surface area (Å²) in [4.78, 5) is 34.7.